The first kappa shape index (κ1) is 20.7. The first-order chi connectivity index (χ1) is 10.6. The van der Waals surface area contributed by atoms with E-state index < -0.39 is 6.09 Å². The average Bonchev–Trinajstić information content (AvgIpc) is 2.46. The predicted octanol–water partition coefficient (Wildman–Crippen LogP) is 4.20. The molecule has 0 rings (SSSR count). The van der Waals surface area contributed by atoms with Gasteiger partial charge in [-0.2, -0.15) is 0 Å². The minimum Gasteiger partial charge on any atom is -0.466 e. The molecule has 1 amide bonds. The third-order valence-corrected chi connectivity index (χ3v) is 3.33. The standard InChI is InChI=1S/C17H33NO4/c1-4-6-8-9-10-11-13-21-16(19)14-15(3)18-17(20)22-12-7-5-2/h15H,4-14H2,1-3H3,(H,18,20). The minimum atomic E-state index is -0.468. The highest BCUT2D eigenvalue weighted by Crippen LogP contribution is 2.05. The van der Waals surface area contributed by atoms with Gasteiger partial charge in [0.2, 0.25) is 0 Å². The number of nitrogens with one attached hydrogen (secondary N) is 1. The molecule has 0 aliphatic rings. The molecule has 0 spiro atoms. The zero-order valence-corrected chi connectivity index (χ0v) is 14.5. The van der Waals surface area contributed by atoms with Gasteiger partial charge in [-0.05, 0) is 19.8 Å². The molecule has 0 aliphatic heterocycles. The van der Waals surface area contributed by atoms with E-state index in [-0.39, 0.29) is 18.4 Å². The largest absolute Gasteiger partial charge is 0.466 e. The number of alkyl carbamates (subject to hydrolysis) is 1. The molecular weight excluding hydrogens is 282 g/mol. The van der Waals surface area contributed by atoms with Crippen LogP contribution in [0.1, 0.15) is 78.6 Å². The van der Waals surface area contributed by atoms with E-state index in [4.69, 9.17) is 9.47 Å². The van der Waals surface area contributed by atoms with Crippen molar-refractivity contribution in [1.82, 2.24) is 5.32 Å². The SMILES string of the molecule is CCCCCCCCOC(=O)CC(C)NC(=O)OCCCC. The summed E-state index contributed by atoms with van der Waals surface area (Å²) in [4.78, 5) is 23.0. The number of hydrogen-bond donors (Lipinski definition) is 1. The summed E-state index contributed by atoms with van der Waals surface area (Å²) in [5, 5.41) is 2.63. The van der Waals surface area contributed by atoms with Crippen molar-refractivity contribution >= 4 is 12.1 Å². The van der Waals surface area contributed by atoms with Crippen molar-refractivity contribution in [2.75, 3.05) is 13.2 Å². The van der Waals surface area contributed by atoms with Gasteiger partial charge in [0.25, 0.3) is 0 Å². The zero-order chi connectivity index (χ0) is 16.6. The van der Waals surface area contributed by atoms with Crippen molar-refractivity contribution in [2.45, 2.75) is 84.6 Å². The number of rotatable bonds is 13. The van der Waals surface area contributed by atoms with Gasteiger partial charge < -0.3 is 14.8 Å². The van der Waals surface area contributed by atoms with E-state index in [9.17, 15) is 9.59 Å². The van der Waals surface area contributed by atoms with Crippen LogP contribution in [-0.2, 0) is 14.3 Å². The van der Waals surface area contributed by atoms with Crippen LogP contribution in [0.3, 0.4) is 0 Å². The van der Waals surface area contributed by atoms with Crippen LogP contribution in [0, 0.1) is 0 Å². The maximum atomic E-state index is 11.6. The smallest absolute Gasteiger partial charge is 0.407 e. The second-order valence-corrected chi connectivity index (χ2v) is 5.73. The lowest BCUT2D eigenvalue weighted by atomic mass is 10.1. The first-order valence-electron chi connectivity index (χ1n) is 8.69. The van der Waals surface area contributed by atoms with E-state index in [1.54, 1.807) is 6.92 Å². The Bertz CT molecular complexity index is 294. The molecule has 0 aromatic heterocycles. The molecule has 130 valence electrons. The number of unbranched alkanes of at least 4 members (excludes halogenated alkanes) is 6. The maximum absolute atomic E-state index is 11.6. The second kappa shape index (κ2) is 14.7. The van der Waals surface area contributed by atoms with Gasteiger partial charge in [-0.25, -0.2) is 4.79 Å². The third kappa shape index (κ3) is 13.7. The first-order valence-corrected chi connectivity index (χ1v) is 8.69. The molecule has 0 aromatic carbocycles. The summed E-state index contributed by atoms with van der Waals surface area (Å²) in [7, 11) is 0. The molecule has 0 radical (unpaired) electrons. The summed E-state index contributed by atoms with van der Waals surface area (Å²) < 4.78 is 10.1. The van der Waals surface area contributed by atoms with Gasteiger partial charge in [0.1, 0.15) is 0 Å². The highest BCUT2D eigenvalue weighted by molar-refractivity contribution is 5.72. The summed E-state index contributed by atoms with van der Waals surface area (Å²) in [5.74, 6) is -0.269. The van der Waals surface area contributed by atoms with Crippen molar-refractivity contribution in [3.63, 3.8) is 0 Å². The van der Waals surface area contributed by atoms with Crippen LogP contribution in [0.2, 0.25) is 0 Å². The summed E-state index contributed by atoms with van der Waals surface area (Å²) >= 11 is 0. The van der Waals surface area contributed by atoms with Crippen molar-refractivity contribution in [2.24, 2.45) is 0 Å². The van der Waals surface area contributed by atoms with Crippen LogP contribution in [0.15, 0.2) is 0 Å². The second-order valence-electron chi connectivity index (χ2n) is 5.73. The van der Waals surface area contributed by atoms with Crippen LogP contribution in [-0.4, -0.2) is 31.3 Å². The molecule has 0 aliphatic carbocycles. The van der Waals surface area contributed by atoms with Gasteiger partial charge in [-0.15, -0.1) is 0 Å². The molecule has 0 fully saturated rings. The van der Waals surface area contributed by atoms with Gasteiger partial charge in [0.05, 0.1) is 19.6 Å². The Balaban J connectivity index is 3.54. The minimum absolute atomic E-state index is 0.179. The Morgan fingerprint density at radius 1 is 0.864 bits per heavy atom. The van der Waals surface area contributed by atoms with Crippen molar-refractivity contribution in [3.05, 3.63) is 0 Å². The fraction of sp³-hybridized carbons (Fsp3) is 0.882. The Hall–Kier alpha value is -1.26. The zero-order valence-electron chi connectivity index (χ0n) is 14.5. The fourth-order valence-electron chi connectivity index (χ4n) is 1.98. The summed E-state index contributed by atoms with van der Waals surface area (Å²) in [6.45, 7) is 6.88. The van der Waals surface area contributed by atoms with Gasteiger partial charge in [0.15, 0.2) is 0 Å². The maximum Gasteiger partial charge on any atom is 0.407 e. The molecule has 0 heterocycles. The number of hydrogen-bond acceptors (Lipinski definition) is 4. The van der Waals surface area contributed by atoms with Crippen molar-refractivity contribution in [3.8, 4) is 0 Å². The van der Waals surface area contributed by atoms with Gasteiger partial charge >= 0.3 is 12.1 Å². The average molecular weight is 315 g/mol. The summed E-state index contributed by atoms with van der Waals surface area (Å²) in [5.41, 5.74) is 0. The molecule has 0 saturated heterocycles. The quantitative estimate of drug-likeness (QED) is 0.409. The molecule has 1 N–H and O–H groups in total. The molecule has 0 bridgehead atoms. The third-order valence-electron chi connectivity index (χ3n) is 3.33. The van der Waals surface area contributed by atoms with E-state index in [1.807, 2.05) is 6.92 Å². The van der Waals surface area contributed by atoms with Crippen molar-refractivity contribution in [1.29, 1.82) is 0 Å². The lowest BCUT2D eigenvalue weighted by Gasteiger charge is -2.13. The topological polar surface area (TPSA) is 64.6 Å². The molecule has 1 unspecified atom stereocenters. The van der Waals surface area contributed by atoms with E-state index >= 15 is 0 Å². The number of carbonyl (C=O) groups is 2. The van der Waals surface area contributed by atoms with E-state index in [0.29, 0.717) is 13.2 Å². The number of esters is 1. The van der Waals surface area contributed by atoms with Gasteiger partial charge in [-0.1, -0.05) is 52.4 Å². The Kier molecular flexibility index (Phi) is 13.8. The number of ether oxygens (including phenoxy) is 2. The summed E-state index contributed by atoms with van der Waals surface area (Å²) in [6, 6.07) is -0.272. The monoisotopic (exact) mass is 315 g/mol. The lowest BCUT2D eigenvalue weighted by molar-refractivity contribution is -0.144. The Morgan fingerprint density at radius 3 is 2.14 bits per heavy atom. The molecule has 0 aromatic rings. The Labute approximate surface area is 135 Å². The Morgan fingerprint density at radius 2 is 1.45 bits per heavy atom. The molecule has 22 heavy (non-hydrogen) atoms. The van der Waals surface area contributed by atoms with E-state index in [1.165, 1.54) is 25.7 Å². The van der Waals surface area contributed by atoms with Gasteiger partial charge in [-0.3, -0.25) is 4.79 Å². The van der Waals surface area contributed by atoms with Gasteiger partial charge in [0, 0.05) is 6.04 Å². The van der Waals surface area contributed by atoms with Crippen LogP contribution in [0.25, 0.3) is 0 Å². The number of amides is 1. The van der Waals surface area contributed by atoms with E-state index in [0.717, 1.165) is 25.7 Å². The predicted molar refractivity (Wildman–Crippen MR) is 87.8 cm³/mol. The molecule has 5 nitrogen and oxygen atoms in total. The molecule has 0 saturated carbocycles. The highest BCUT2D eigenvalue weighted by Gasteiger charge is 2.13. The fourth-order valence-corrected chi connectivity index (χ4v) is 1.98. The summed E-state index contributed by atoms with van der Waals surface area (Å²) in [6.07, 6.45) is 8.52. The molecular formula is C17H33NO4. The highest BCUT2D eigenvalue weighted by atomic mass is 16.5. The van der Waals surface area contributed by atoms with Crippen LogP contribution < -0.4 is 5.32 Å². The normalized spacial score (nSPS) is 11.8. The van der Waals surface area contributed by atoms with Crippen molar-refractivity contribution < 1.29 is 19.1 Å². The molecule has 1 atom stereocenters. The lowest BCUT2D eigenvalue weighted by Crippen LogP contribution is -2.35. The van der Waals surface area contributed by atoms with Crippen LogP contribution >= 0.6 is 0 Å². The molecule has 5 heteroatoms. The number of carbonyl (C=O) groups excluding carboxylic acids is 2. The van der Waals surface area contributed by atoms with Crippen LogP contribution in [0.4, 0.5) is 4.79 Å². The van der Waals surface area contributed by atoms with E-state index in [2.05, 4.69) is 12.2 Å². The van der Waals surface area contributed by atoms with Crippen LogP contribution in [0.5, 0.6) is 0 Å².